The van der Waals surface area contributed by atoms with E-state index in [0.29, 0.717) is 11.1 Å². The molecule has 88 valence electrons. The third-order valence-corrected chi connectivity index (χ3v) is 3.87. The molecule has 0 aliphatic carbocycles. The van der Waals surface area contributed by atoms with Crippen LogP contribution in [0.1, 0.15) is 16.7 Å². The Morgan fingerprint density at radius 2 is 1.75 bits per heavy atom. The molecule has 0 unspecified atom stereocenters. The van der Waals surface area contributed by atoms with Gasteiger partial charge in [-0.2, -0.15) is 0 Å². The second kappa shape index (κ2) is 4.03. The van der Waals surface area contributed by atoms with Gasteiger partial charge in [0.15, 0.2) is 0 Å². The zero-order valence-electron chi connectivity index (χ0n) is 8.94. The number of rotatable bonds is 2. The summed E-state index contributed by atoms with van der Waals surface area (Å²) in [6, 6.07) is 1.44. The van der Waals surface area contributed by atoms with Crippen LogP contribution >= 0.6 is 10.7 Å². The number of halogens is 1. The molecule has 16 heavy (non-hydrogen) atoms. The molecule has 0 spiro atoms. The molecule has 0 aliphatic heterocycles. The van der Waals surface area contributed by atoms with Crippen LogP contribution in [0.5, 0.6) is 0 Å². The molecule has 1 aromatic rings. The minimum Gasteiger partial charge on any atom is -0.258 e. The van der Waals surface area contributed by atoms with Crippen LogP contribution in [0, 0.1) is 30.9 Å². The molecule has 0 saturated heterocycles. The fourth-order valence-electron chi connectivity index (χ4n) is 1.81. The molecular formula is C9H10ClNO4S. The van der Waals surface area contributed by atoms with E-state index in [2.05, 4.69) is 0 Å². The molecule has 0 heterocycles. The van der Waals surface area contributed by atoms with Gasteiger partial charge in [0.1, 0.15) is 0 Å². The summed E-state index contributed by atoms with van der Waals surface area (Å²) in [5, 5.41) is 10.8. The van der Waals surface area contributed by atoms with Gasteiger partial charge in [-0.3, -0.25) is 10.1 Å². The zero-order valence-corrected chi connectivity index (χ0v) is 10.5. The van der Waals surface area contributed by atoms with Gasteiger partial charge < -0.3 is 0 Å². The Bertz CT molecular complexity index is 565. The maximum atomic E-state index is 11.3. The van der Waals surface area contributed by atoms with E-state index in [9.17, 15) is 18.5 Å². The van der Waals surface area contributed by atoms with Gasteiger partial charge in [-0.25, -0.2) is 8.42 Å². The summed E-state index contributed by atoms with van der Waals surface area (Å²) in [6.45, 7) is 4.50. The van der Waals surface area contributed by atoms with Crippen molar-refractivity contribution < 1.29 is 13.3 Å². The average Bonchev–Trinajstić information content (AvgIpc) is 1.97. The van der Waals surface area contributed by atoms with Crippen LogP contribution in [0.15, 0.2) is 11.0 Å². The summed E-state index contributed by atoms with van der Waals surface area (Å²) < 4.78 is 22.6. The summed E-state index contributed by atoms with van der Waals surface area (Å²) in [5.74, 6) is 0. The number of nitro benzene ring substituents is 1. The Labute approximate surface area is 97.6 Å². The highest BCUT2D eigenvalue weighted by Crippen LogP contribution is 2.33. The van der Waals surface area contributed by atoms with Crippen LogP contribution in [-0.2, 0) is 9.05 Å². The van der Waals surface area contributed by atoms with Crippen LogP contribution in [0.2, 0.25) is 0 Å². The van der Waals surface area contributed by atoms with Crippen molar-refractivity contribution in [1.29, 1.82) is 0 Å². The molecule has 0 aliphatic rings. The maximum Gasteiger partial charge on any atom is 0.276 e. The highest BCUT2D eigenvalue weighted by atomic mass is 35.7. The molecule has 0 amide bonds. The maximum absolute atomic E-state index is 11.3. The van der Waals surface area contributed by atoms with Crippen molar-refractivity contribution in [3.05, 3.63) is 32.9 Å². The van der Waals surface area contributed by atoms with Crippen LogP contribution < -0.4 is 0 Å². The second-order valence-corrected chi connectivity index (χ2v) is 6.01. The standard InChI is InChI=1S/C9H10ClNO4S/c1-5-4-6(2)9(16(10,14)15)7(3)8(5)11(12)13/h4H,1-3H3. The van der Waals surface area contributed by atoms with Crippen molar-refractivity contribution in [2.45, 2.75) is 25.7 Å². The smallest absolute Gasteiger partial charge is 0.258 e. The van der Waals surface area contributed by atoms with Gasteiger partial charge in [-0.15, -0.1) is 0 Å². The SMILES string of the molecule is Cc1cc(C)c(S(=O)(=O)Cl)c(C)c1[N+](=O)[O-]. The first-order valence-electron chi connectivity index (χ1n) is 4.36. The Morgan fingerprint density at radius 3 is 2.12 bits per heavy atom. The molecule has 1 rings (SSSR count). The van der Waals surface area contributed by atoms with Gasteiger partial charge in [0, 0.05) is 21.8 Å². The lowest BCUT2D eigenvalue weighted by atomic mass is 10.1. The number of hydrogen-bond donors (Lipinski definition) is 0. The topological polar surface area (TPSA) is 77.3 Å². The molecule has 5 nitrogen and oxygen atoms in total. The normalized spacial score (nSPS) is 11.5. The predicted octanol–water partition coefficient (Wildman–Crippen LogP) is 2.45. The monoisotopic (exact) mass is 263 g/mol. The van der Waals surface area contributed by atoms with E-state index in [1.165, 1.54) is 13.0 Å². The van der Waals surface area contributed by atoms with Crippen LogP contribution in [0.25, 0.3) is 0 Å². The van der Waals surface area contributed by atoms with E-state index < -0.39 is 14.0 Å². The lowest BCUT2D eigenvalue weighted by molar-refractivity contribution is -0.386. The Kier molecular flexibility index (Phi) is 3.25. The van der Waals surface area contributed by atoms with E-state index in [1.807, 2.05) is 0 Å². The van der Waals surface area contributed by atoms with E-state index in [4.69, 9.17) is 10.7 Å². The third kappa shape index (κ3) is 2.17. The fraction of sp³-hybridized carbons (Fsp3) is 0.333. The van der Waals surface area contributed by atoms with Crippen molar-refractivity contribution in [3.63, 3.8) is 0 Å². The highest BCUT2D eigenvalue weighted by molar-refractivity contribution is 8.13. The average molecular weight is 264 g/mol. The number of nitrogens with zero attached hydrogens (tertiary/aromatic N) is 1. The van der Waals surface area contributed by atoms with Crippen LogP contribution in [0.3, 0.4) is 0 Å². The summed E-state index contributed by atoms with van der Waals surface area (Å²) in [4.78, 5) is 10.0. The van der Waals surface area contributed by atoms with Crippen molar-refractivity contribution >= 4 is 25.4 Å². The van der Waals surface area contributed by atoms with Gasteiger partial charge in [-0.05, 0) is 32.4 Å². The van der Waals surface area contributed by atoms with E-state index in [-0.39, 0.29) is 16.1 Å². The summed E-state index contributed by atoms with van der Waals surface area (Å²) in [6.07, 6.45) is 0. The van der Waals surface area contributed by atoms with Crippen molar-refractivity contribution in [2.75, 3.05) is 0 Å². The third-order valence-electron chi connectivity index (χ3n) is 2.29. The largest absolute Gasteiger partial charge is 0.276 e. The van der Waals surface area contributed by atoms with E-state index >= 15 is 0 Å². The van der Waals surface area contributed by atoms with Crippen LogP contribution in [0.4, 0.5) is 5.69 Å². The molecule has 0 atom stereocenters. The molecular weight excluding hydrogens is 254 g/mol. The minimum atomic E-state index is -3.97. The van der Waals surface area contributed by atoms with E-state index in [1.54, 1.807) is 13.8 Å². The van der Waals surface area contributed by atoms with Crippen molar-refractivity contribution in [1.82, 2.24) is 0 Å². The number of benzene rings is 1. The fourth-order valence-corrected chi connectivity index (χ4v) is 3.43. The molecule has 0 radical (unpaired) electrons. The van der Waals surface area contributed by atoms with Crippen molar-refractivity contribution in [3.8, 4) is 0 Å². The first kappa shape index (κ1) is 12.9. The lowest BCUT2D eigenvalue weighted by Gasteiger charge is -2.09. The lowest BCUT2D eigenvalue weighted by Crippen LogP contribution is -2.04. The second-order valence-electron chi connectivity index (χ2n) is 3.51. The Morgan fingerprint density at radius 1 is 1.25 bits per heavy atom. The summed E-state index contributed by atoms with van der Waals surface area (Å²) in [7, 11) is 1.28. The predicted molar refractivity (Wildman–Crippen MR) is 60.3 cm³/mol. The molecule has 0 saturated carbocycles. The molecule has 0 fully saturated rings. The number of hydrogen-bond acceptors (Lipinski definition) is 4. The van der Waals surface area contributed by atoms with Gasteiger partial charge in [-0.1, -0.05) is 0 Å². The van der Waals surface area contributed by atoms with Gasteiger partial charge >= 0.3 is 0 Å². The Hall–Kier alpha value is -1.14. The zero-order chi connectivity index (χ0) is 12.7. The van der Waals surface area contributed by atoms with Gasteiger partial charge in [0.2, 0.25) is 0 Å². The molecule has 1 aromatic carbocycles. The highest BCUT2D eigenvalue weighted by Gasteiger charge is 2.26. The molecule has 7 heteroatoms. The van der Waals surface area contributed by atoms with Crippen LogP contribution in [-0.4, -0.2) is 13.3 Å². The molecule has 0 bridgehead atoms. The summed E-state index contributed by atoms with van der Waals surface area (Å²) >= 11 is 0. The minimum absolute atomic E-state index is 0.0810. The number of aryl methyl sites for hydroxylation is 2. The number of nitro groups is 1. The van der Waals surface area contributed by atoms with E-state index in [0.717, 1.165) is 0 Å². The quantitative estimate of drug-likeness (QED) is 0.466. The van der Waals surface area contributed by atoms with Gasteiger partial charge in [0.25, 0.3) is 14.7 Å². The Balaban J connectivity index is 3.79. The molecule has 0 aromatic heterocycles. The van der Waals surface area contributed by atoms with Gasteiger partial charge in [0.05, 0.1) is 9.82 Å². The first-order chi connectivity index (χ1) is 7.16. The molecule has 0 N–H and O–H groups in total. The van der Waals surface area contributed by atoms with Crippen molar-refractivity contribution in [2.24, 2.45) is 0 Å². The first-order valence-corrected chi connectivity index (χ1v) is 6.67. The summed E-state index contributed by atoms with van der Waals surface area (Å²) in [5.41, 5.74) is 0.710.